The standard InChI is InChI=1S/C18H12F2N4O2/c19-12-6-14(20)16(15(7-12)26-9-11-4-2-1-3-5-11)24-17-13(8-23-24)18(25)22-10-21-17/h1-8,10H,9H2,(H,21,22,25). The first-order valence-electron chi connectivity index (χ1n) is 7.67. The molecule has 2 aromatic heterocycles. The quantitative estimate of drug-likeness (QED) is 0.608. The number of rotatable bonds is 4. The fourth-order valence-corrected chi connectivity index (χ4v) is 2.59. The highest BCUT2D eigenvalue weighted by Crippen LogP contribution is 2.31. The Morgan fingerprint density at radius 1 is 1.08 bits per heavy atom. The summed E-state index contributed by atoms with van der Waals surface area (Å²) in [7, 11) is 0. The van der Waals surface area contributed by atoms with Crippen molar-refractivity contribution < 1.29 is 18.6 Å². The van der Waals surface area contributed by atoms with E-state index in [9.17, 15) is 13.9 Å². The molecule has 0 aliphatic carbocycles. The largest absolute Gasteiger partial charge is 0.493 e. The lowest BCUT2D eigenvalue weighted by Gasteiger charge is -2.13. The Hall–Kier alpha value is -3.55. The predicted octanol–water partition coefficient (Wildman–Crippen LogP) is 3.38. The summed E-state index contributed by atoms with van der Waals surface area (Å²) in [5.74, 6) is -1.95. The average Bonchev–Trinajstić information content (AvgIpc) is 3.05. The maximum absolute atomic E-state index is 14.5. The number of nitrogens with zero attached hydrogens (tertiary/aromatic N) is 4. The molecule has 0 amide bonds. The third-order valence-corrected chi connectivity index (χ3v) is 3.79. The summed E-state index contributed by atoms with van der Waals surface area (Å²) >= 11 is 0. The smallest absolute Gasteiger partial charge is 0.225 e. The fourth-order valence-electron chi connectivity index (χ4n) is 2.59. The predicted molar refractivity (Wildman–Crippen MR) is 89.0 cm³/mol. The summed E-state index contributed by atoms with van der Waals surface area (Å²) in [6.45, 7) is 0.121. The van der Waals surface area contributed by atoms with E-state index >= 15 is 0 Å². The van der Waals surface area contributed by atoms with Crippen LogP contribution in [0, 0.1) is 11.6 Å². The highest BCUT2D eigenvalue weighted by Gasteiger charge is 2.20. The van der Waals surface area contributed by atoms with Gasteiger partial charge in [-0.2, -0.15) is 5.10 Å². The van der Waals surface area contributed by atoms with Crippen LogP contribution in [-0.4, -0.2) is 24.9 Å². The van der Waals surface area contributed by atoms with E-state index in [0.717, 1.165) is 28.7 Å². The zero-order valence-electron chi connectivity index (χ0n) is 13.3. The van der Waals surface area contributed by atoms with Crippen molar-refractivity contribution in [2.24, 2.45) is 0 Å². The van der Waals surface area contributed by atoms with Crippen LogP contribution >= 0.6 is 0 Å². The molecule has 2 aromatic carbocycles. The van der Waals surface area contributed by atoms with Crippen molar-refractivity contribution in [3.05, 3.63) is 72.2 Å². The molecule has 0 unspecified atom stereocenters. The van der Waals surface area contributed by atoms with E-state index in [1.54, 1.807) is 0 Å². The first-order chi connectivity index (χ1) is 12.6. The van der Waals surface area contributed by atoms with Crippen LogP contribution in [0.4, 0.5) is 8.78 Å². The molecule has 0 aliphatic rings. The molecule has 1 N–H and O–H groups in total. The summed E-state index contributed by atoms with van der Waals surface area (Å²) in [5, 5.41) is 14.1. The van der Waals surface area contributed by atoms with Gasteiger partial charge in [-0.25, -0.2) is 23.4 Å². The minimum Gasteiger partial charge on any atom is -0.493 e. The minimum atomic E-state index is -0.865. The van der Waals surface area contributed by atoms with Crippen LogP contribution in [0.2, 0.25) is 0 Å². The second-order valence-electron chi connectivity index (χ2n) is 5.50. The Kier molecular flexibility index (Phi) is 3.92. The minimum absolute atomic E-state index is 0.0329. The van der Waals surface area contributed by atoms with Gasteiger partial charge in [-0.1, -0.05) is 30.3 Å². The zero-order valence-corrected chi connectivity index (χ0v) is 13.3. The van der Waals surface area contributed by atoms with E-state index < -0.39 is 11.6 Å². The topological polar surface area (TPSA) is 73.1 Å². The molecule has 130 valence electrons. The Morgan fingerprint density at radius 2 is 1.88 bits per heavy atom. The Bertz CT molecular complexity index is 1080. The van der Waals surface area contributed by atoms with Gasteiger partial charge in [0.1, 0.15) is 29.8 Å². The van der Waals surface area contributed by atoms with Gasteiger partial charge in [0.05, 0.1) is 6.20 Å². The van der Waals surface area contributed by atoms with Gasteiger partial charge < -0.3 is 9.84 Å². The van der Waals surface area contributed by atoms with Crippen molar-refractivity contribution in [2.75, 3.05) is 0 Å². The maximum atomic E-state index is 14.5. The molecule has 0 spiro atoms. The number of fused-ring (bicyclic) bond motifs is 1. The Labute approximate surface area is 146 Å². The fraction of sp³-hybridized carbons (Fsp3) is 0.0556. The van der Waals surface area contributed by atoms with Gasteiger partial charge >= 0.3 is 0 Å². The second-order valence-corrected chi connectivity index (χ2v) is 5.50. The second kappa shape index (κ2) is 6.40. The van der Waals surface area contributed by atoms with E-state index in [-0.39, 0.29) is 35.0 Å². The third-order valence-electron chi connectivity index (χ3n) is 3.79. The van der Waals surface area contributed by atoms with Crippen molar-refractivity contribution in [1.29, 1.82) is 0 Å². The van der Waals surface area contributed by atoms with Gasteiger partial charge in [0.2, 0.25) is 5.88 Å². The number of ether oxygens (including phenoxy) is 1. The maximum Gasteiger partial charge on any atom is 0.225 e. The number of halogens is 2. The van der Waals surface area contributed by atoms with Crippen LogP contribution in [0.1, 0.15) is 5.56 Å². The van der Waals surface area contributed by atoms with Gasteiger partial charge in [-0.05, 0) is 5.56 Å². The SMILES string of the molecule is Oc1ncnc2c1cnn2-c1c(F)cc(F)cc1OCc1ccccc1. The number of hydrogen-bond donors (Lipinski definition) is 1. The van der Waals surface area contributed by atoms with Gasteiger partial charge in [0.15, 0.2) is 17.2 Å². The Balaban J connectivity index is 1.81. The van der Waals surface area contributed by atoms with Crippen LogP contribution in [0.3, 0.4) is 0 Å². The number of benzene rings is 2. The van der Waals surface area contributed by atoms with E-state index in [0.29, 0.717) is 0 Å². The van der Waals surface area contributed by atoms with Crippen molar-refractivity contribution in [1.82, 2.24) is 19.7 Å². The van der Waals surface area contributed by atoms with Crippen molar-refractivity contribution >= 4 is 11.0 Å². The molecule has 4 rings (SSSR count). The molecule has 4 aromatic rings. The van der Waals surface area contributed by atoms with E-state index in [1.165, 1.54) is 6.20 Å². The number of aromatic hydroxyl groups is 1. The summed E-state index contributed by atoms with van der Waals surface area (Å²) in [4.78, 5) is 7.67. The Morgan fingerprint density at radius 3 is 2.69 bits per heavy atom. The van der Waals surface area contributed by atoms with Crippen LogP contribution < -0.4 is 4.74 Å². The first kappa shape index (κ1) is 15.9. The molecule has 0 saturated heterocycles. The number of aromatic nitrogens is 4. The molecule has 0 radical (unpaired) electrons. The lowest BCUT2D eigenvalue weighted by atomic mass is 10.2. The molecule has 8 heteroatoms. The van der Waals surface area contributed by atoms with Crippen LogP contribution in [0.25, 0.3) is 16.7 Å². The molecule has 0 bridgehead atoms. The highest BCUT2D eigenvalue weighted by molar-refractivity contribution is 5.81. The molecular weight excluding hydrogens is 342 g/mol. The first-order valence-corrected chi connectivity index (χ1v) is 7.67. The van der Waals surface area contributed by atoms with Crippen LogP contribution in [0.5, 0.6) is 11.6 Å². The van der Waals surface area contributed by atoms with Crippen LogP contribution in [-0.2, 0) is 6.61 Å². The molecule has 6 nitrogen and oxygen atoms in total. The van der Waals surface area contributed by atoms with Gasteiger partial charge in [0.25, 0.3) is 0 Å². The van der Waals surface area contributed by atoms with Crippen molar-refractivity contribution in [3.63, 3.8) is 0 Å². The molecule has 2 heterocycles. The van der Waals surface area contributed by atoms with Crippen molar-refractivity contribution in [2.45, 2.75) is 6.61 Å². The molecular formula is C18H12F2N4O2. The monoisotopic (exact) mass is 354 g/mol. The van der Waals surface area contributed by atoms with E-state index in [1.807, 2.05) is 30.3 Å². The van der Waals surface area contributed by atoms with Crippen molar-refractivity contribution in [3.8, 4) is 17.3 Å². The highest BCUT2D eigenvalue weighted by atomic mass is 19.1. The van der Waals surface area contributed by atoms with Gasteiger partial charge in [-0.15, -0.1) is 0 Å². The summed E-state index contributed by atoms with van der Waals surface area (Å²) in [5.41, 5.74) is 0.913. The molecule has 0 atom stereocenters. The normalized spacial score (nSPS) is 11.0. The zero-order chi connectivity index (χ0) is 18.1. The van der Waals surface area contributed by atoms with E-state index in [4.69, 9.17) is 4.74 Å². The summed E-state index contributed by atoms with van der Waals surface area (Å²) in [6.07, 6.45) is 2.43. The summed E-state index contributed by atoms with van der Waals surface area (Å²) in [6, 6.07) is 11.0. The van der Waals surface area contributed by atoms with Gasteiger partial charge in [-0.3, -0.25) is 0 Å². The number of hydrogen-bond acceptors (Lipinski definition) is 5. The average molecular weight is 354 g/mol. The lowest BCUT2D eigenvalue weighted by Crippen LogP contribution is -2.06. The molecule has 0 saturated carbocycles. The summed E-state index contributed by atoms with van der Waals surface area (Å²) < 4.78 is 35.1. The molecule has 0 fully saturated rings. The molecule has 0 aliphatic heterocycles. The third kappa shape index (κ3) is 2.81. The van der Waals surface area contributed by atoms with Gasteiger partial charge in [0, 0.05) is 12.1 Å². The molecule has 26 heavy (non-hydrogen) atoms. The lowest BCUT2D eigenvalue weighted by molar-refractivity contribution is 0.301. The van der Waals surface area contributed by atoms with Crippen LogP contribution in [0.15, 0.2) is 55.0 Å². The van der Waals surface area contributed by atoms with E-state index in [2.05, 4.69) is 15.1 Å².